The van der Waals surface area contributed by atoms with E-state index in [4.69, 9.17) is 13.9 Å². The van der Waals surface area contributed by atoms with Crippen LogP contribution in [0.3, 0.4) is 0 Å². The van der Waals surface area contributed by atoms with Gasteiger partial charge in [0.25, 0.3) is 16.0 Å². The molecule has 0 N–H and O–H groups in total. The standard InChI is InChI=1S/C17H13N3O5S/c21-20(22)14-8-4-5-12(11-14)15-18-19-16(25-15)26-17(23-9-10-24-17)13-6-2-1-3-7-13/h1-8,11H,9-10H2. The van der Waals surface area contributed by atoms with Crippen LogP contribution >= 0.6 is 11.8 Å². The number of thioether (sulfide) groups is 1. The Hall–Kier alpha value is -2.75. The van der Waals surface area contributed by atoms with E-state index in [2.05, 4.69) is 10.2 Å². The molecule has 1 saturated heterocycles. The van der Waals surface area contributed by atoms with Crippen LogP contribution in [0.1, 0.15) is 5.56 Å². The zero-order chi connectivity index (χ0) is 18.0. The van der Waals surface area contributed by atoms with E-state index in [1.165, 1.54) is 12.1 Å². The molecule has 0 saturated carbocycles. The van der Waals surface area contributed by atoms with Gasteiger partial charge in [0.05, 0.1) is 18.1 Å². The molecule has 26 heavy (non-hydrogen) atoms. The number of aromatic nitrogens is 2. The topological polar surface area (TPSA) is 101 Å². The number of non-ortho nitro benzene ring substituents is 1. The summed E-state index contributed by atoms with van der Waals surface area (Å²) >= 11 is 1.16. The van der Waals surface area contributed by atoms with Gasteiger partial charge in [0.15, 0.2) is 0 Å². The molecule has 1 aliphatic heterocycles. The third-order valence-electron chi connectivity index (χ3n) is 3.73. The number of hydrogen-bond acceptors (Lipinski definition) is 8. The minimum atomic E-state index is -1.05. The molecule has 1 fully saturated rings. The van der Waals surface area contributed by atoms with E-state index < -0.39 is 10.0 Å². The SMILES string of the molecule is O=[N+]([O-])c1cccc(-c2nnc(SC3(c4ccccc4)OCCO3)o2)c1. The van der Waals surface area contributed by atoms with E-state index in [1.807, 2.05) is 30.3 Å². The molecule has 2 heterocycles. The van der Waals surface area contributed by atoms with Gasteiger partial charge in [-0.15, -0.1) is 10.2 Å². The van der Waals surface area contributed by atoms with Gasteiger partial charge >= 0.3 is 0 Å². The Morgan fingerprint density at radius 1 is 1.04 bits per heavy atom. The van der Waals surface area contributed by atoms with E-state index in [-0.39, 0.29) is 16.8 Å². The third kappa shape index (κ3) is 3.19. The van der Waals surface area contributed by atoms with Crippen molar-refractivity contribution in [2.45, 2.75) is 10.3 Å². The van der Waals surface area contributed by atoms with E-state index in [9.17, 15) is 10.1 Å². The minimum Gasteiger partial charge on any atom is -0.411 e. The highest BCUT2D eigenvalue weighted by Crippen LogP contribution is 2.45. The summed E-state index contributed by atoms with van der Waals surface area (Å²) in [5.41, 5.74) is 1.26. The highest BCUT2D eigenvalue weighted by atomic mass is 32.2. The summed E-state index contributed by atoms with van der Waals surface area (Å²) in [6.45, 7) is 0.904. The maximum absolute atomic E-state index is 10.9. The van der Waals surface area contributed by atoms with Crippen molar-refractivity contribution in [2.24, 2.45) is 0 Å². The second-order valence-corrected chi connectivity index (χ2v) is 6.49. The normalized spacial score (nSPS) is 15.8. The number of nitrogens with zero attached hydrogens (tertiary/aromatic N) is 3. The van der Waals surface area contributed by atoms with Gasteiger partial charge in [-0.2, -0.15) is 0 Å². The zero-order valence-corrected chi connectivity index (χ0v) is 14.2. The number of rotatable bonds is 5. The Morgan fingerprint density at radius 3 is 2.54 bits per heavy atom. The van der Waals surface area contributed by atoms with Crippen molar-refractivity contribution in [3.63, 3.8) is 0 Å². The first kappa shape index (κ1) is 16.7. The van der Waals surface area contributed by atoms with Crippen LogP contribution in [-0.4, -0.2) is 28.3 Å². The van der Waals surface area contributed by atoms with Crippen molar-refractivity contribution in [3.8, 4) is 11.5 Å². The van der Waals surface area contributed by atoms with Crippen LogP contribution in [0.4, 0.5) is 5.69 Å². The Morgan fingerprint density at radius 2 is 1.81 bits per heavy atom. The molecule has 4 rings (SSSR count). The lowest BCUT2D eigenvalue weighted by molar-refractivity contribution is -0.384. The molecule has 0 spiro atoms. The van der Waals surface area contributed by atoms with E-state index in [0.29, 0.717) is 18.8 Å². The second-order valence-electron chi connectivity index (χ2n) is 5.40. The molecule has 9 heteroatoms. The van der Waals surface area contributed by atoms with Crippen LogP contribution < -0.4 is 0 Å². The predicted octanol–water partition coefficient (Wildman–Crippen LogP) is 3.59. The van der Waals surface area contributed by atoms with Crippen molar-refractivity contribution in [1.29, 1.82) is 0 Å². The number of ether oxygens (including phenoxy) is 2. The van der Waals surface area contributed by atoms with Crippen molar-refractivity contribution in [2.75, 3.05) is 13.2 Å². The molecule has 0 atom stereocenters. The van der Waals surface area contributed by atoms with Crippen molar-refractivity contribution >= 4 is 17.4 Å². The van der Waals surface area contributed by atoms with Crippen LogP contribution in [0.5, 0.6) is 0 Å². The average molecular weight is 371 g/mol. The maximum atomic E-state index is 10.9. The zero-order valence-electron chi connectivity index (χ0n) is 13.4. The quantitative estimate of drug-likeness (QED) is 0.495. The molecule has 0 radical (unpaired) electrons. The van der Waals surface area contributed by atoms with Crippen molar-refractivity contribution in [1.82, 2.24) is 10.2 Å². The van der Waals surface area contributed by atoms with Gasteiger partial charge in [0.1, 0.15) is 0 Å². The summed E-state index contributed by atoms with van der Waals surface area (Å²) in [7, 11) is 0. The first-order valence-electron chi connectivity index (χ1n) is 7.77. The summed E-state index contributed by atoms with van der Waals surface area (Å²) in [5, 5.41) is 18.1. The predicted molar refractivity (Wildman–Crippen MR) is 92.3 cm³/mol. The third-order valence-corrected chi connectivity index (χ3v) is 4.81. The first-order valence-corrected chi connectivity index (χ1v) is 8.59. The second kappa shape index (κ2) is 6.87. The Balaban J connectivity index is 1.62. The lowest BCUT2D eigenvalue weighted by Crippen LogP contribution is -2.22. The van der Waals surface area contributed by atoms with Crippen molar-refractivity contribution in [3.05, 3.63) is 70.3 Å². The van der Waals surface area contributed by atoms with Gasteiger partial charge in [-0.1, -0.05) is 36.4 Å². The summed E-state index contributed by atoms with van der Waals surface area (Å²) in [4.78, 5) is 10.4. The van der Waals surface area contributed by atoms with Gasteiger partial charge in [-0.05, 0) is 6.07 Å². The fourth-order valence-electron chi connectivity index (χ4n) is 2.56. The molecule has 8 nitrogen and oxygen atoms in total. The number of nitro groups is 1. The van der Waals surface area contributed by atoms with Gasteiger partial charge in [-0.25, -0.2) is 0 Å². The van der Waals surface area contributed by atoms with Gasteiger partial charge in [-0.3, -0.25) is 10.1 Å². The minimum absolute atomic E-state index is 0.0434. The molecule has 0 aliphatic carbocycles. The largest absolute Gasteiger partial charge is 0.411 e. The Kier molecular flexibility index (Phi) is 4.41. The lowest BCUT2D eigenvalue weighted by Gasteiger charge is -2.24. The molecular formula is C17H13N3O5S. The summed E-state index contributed by atoms with van der Waals surface area (Å²) < 4.78 is 17.3. The molecule has 0 bridgehead atoms. The fourth-order valence-corrected chi connectivity index (χ4v) is 3.53. The molecule has 2 aromatic carbocycles. The highest BCUT2D eigenvalue weighted by Gasteiger charge is 2.42. The average Bonchev–Trinajstić information content (AvgIpc) is 3.33. The van der Waals surface area contributed by atoms with Crippen LogP contribution in [0.25, 0.3) is 11.5 Å². The highest BCUT2D eigenvalue weighted by molar-refractivity contribution is 7.99. The van der Waals surface area contributed by atoms with Gasteiger partial charge < -0.3 is 13.9 Å². The first-order chi connectivity index (χ1) is 12.7. The van der Waals surface area contributed by atoms with Crippen LogP contribution in [0, 0.1) is 10.1 Å². The summed E-state index contributed by atoms with van der Waals surface area (Å²) in [6.07, 6.45) is 0. The van der Waals surface area contributed by atoms with E-state index in [0.717, 1.165) is 17.3 Å². The van der Waals surface area contributed by atoms with Crippen LogP contribution in [0.2, 0.25) is 0 Å². The molecule has 0 unspecified atom stereocenters. The Bertz CT molecular complexity index is 925. The lowest BCUT2D eigenvalue weighted by atomic mass is 10.2. The molecule has 3 aromatic rings. The van der Waals surface area contributed by atoms with Crippen molar-refractivity contribution < 1.29 is 18.8 Å². The van der Waals surface area contributed by atoms with E-state index >= 15 is 0 Å². The van der Waals surface area contributed by atoms with Crippen LogP contribution in [0.15, 0.2) is 64.2 Å². The fraction of sp³-hybridized carbons (Fsp3) is 0.176. The summed E-state index contributed by atoms with van der Waals surface area (Å²) in [6, 6.07) is 15.5. The van der Waals surface area contributed by atoms with E-state index in [1.54, 1.807) is 12.1 Å². The molecule has 1 aliphatic rings. The van der Waals surface area contributed by atoms with Gasteiger partial charge in [0.2, 0.25) is 5.89 Å². The number of nitro benzene ring substituents is 1. The number of benzene rings is 2. The molecule has 132 valence electrons. The smallest absolute Gasteiger partial charge is 0.282 e. The van der Waals surface area contributed by atoms with Crippen LogP contribution in [-0.2, 0) is 14.6 Å². The molecular weight excluding hydrogens is 358 g/mol. The Labute approximate surface area is 152 Å². The molecule has 1 aromatic heterocycles. The molecule has 0 amide bonds. The van der Waals surface area contributed by atoms with Gasteiger partial charge in [0, 0.05) is 35.0 Å². The number of hydrogen-bond donors (Lipinski definition) is 0. The summed E-state index contributed by atoms with van der Waals surface area (Å²) in [5.74, 6) is 0.192. The monoisotopic (exact) mass is 371 g/mol. The maximum Gasteiger partial charge on any atom is 0.282 e.